The summed E-state index contributed by atoms with van der Waals surface area (Å²) >= 11 is 0. The molecule has 4 rings (SSSR count). The van der Waals surface area contributed by atoms with E-state index in [2.05, 4.69) is 34.3 Å². The zero-order valence-electron chi connectivity index (χ0n) is 32.7. The third-order valence-corrected chi connectivity index (χ3v) is 9.79. The van der Waals surface area contributed by atoms with Gasteiger partial charge in [-0.1, -0.05) is 142 Å². The molecule has 0 spiro atoms. The second-order valence-electron chi connectivity index (χ2n) is 14.3. The van der Waals surface area contributed by atoms with Crippen molar-refractivity contribution in [3.8, 4) is 11.5 Å². The Bertz CT molecular complexity index is 1620. The lowest BCUT2D eigenvalue weighted by atomic mass is 10.1. The molecule has 0 unspecified atom stereocenters. The fourth-order valence-corrected chi connectivity index (χ4v) is 6.54. The van der Waals surface area contributed by atoms with Crippen LogP contribution >= 0.6 is 0 Å². The van der Waals surface area contributed by atoms with E-state index in [1.165, 1.54) is 116 Å². The second-order valence-corrected chi connectivity index (χ2v) is 14.3. The monoisotopic (exact) mass is 720 g/mol. The second kappa shape index (κ2) is 25.7. The molecule has 0 aromatic heterocycles. The molecule has 7 heteroatoms. The summed E-state index contributed by atoms with van der Waals surface area (Å²) in [5, 5.41) is 19.9. The van der Waals surface area contributed by atoms with Gasteiger partial charge in [-0.15, -0.1) is 10.2 Å². The molecule has 4 aromatic carbocycles. The molecule has 0 aliphatic heterocycles. The van der Waals surface area contributed by atoms with E-state index in [4.69, 9.17) is 15.2 Å². The average molecular weight is 720 g/mol. The Hall–Kier alpha value is -4.26. The standard InChI is InChI=1S/C46H65N5O2/c1-3-5-7-9-11-13-15-17-19-21-36-52-40-30-26-38(27-31-40)48-50-45-25-23-24-43-42(45)34-35-44(47)46(43)51-49-39-28-32-41(33-29-39)53-37-22-20-18-16-14-12-10-8-6-4-2/h23-35H,3-22,36-37,47H2,1-2H3/b50-48+,51-49+. The van der Waals surface area contributed by atoms with E-state index < -0.39 is 0 Å². The lowest BCUT2D eigenvalue weighted by molar-refractivity contribution is 0.304. The van der Waals surface area contributed by atoms with Gasteiger partial charge in [-0.2, -0.15) is 10.2 Å². The first-order valence-corrected chi connectivity index (χ1v) is 20.8. The maximum Gasteiger partial charge on any atom is 0.119 e. The molecule has 0 amide bonds. The van der Waals surface area contributed by atoms with Crippen LogP contribution in [0.3, 0.4) is 0 Å². The molecular weight excluding hydrogens is 655 g/mol. The summed E-state index contributed by atoms with van der Waals surface area (Å²) in [6.07, 6.45) is 26.3. The van der Waals surface area contributed by atoms with Crippen molar-refractivity contribution in [1.82, 2.24) is 0 Å². The number of hydrogen-bond donors (Lipinski definition) is 1. The first-order chi connectivity index (χ1) is 26.2. The number of benzene rings is 4. The minimum atomic E-state index is 0.556. The quantitative estimate of drug-likeness (QED) is 0.0360. The minimum Gasteiger partial charge on any atom is -0.494 e. The highest BCUT2D eigenvalue weighted by Gasteiger charge is 2.09. The molecular formula is C46H65N5O2. The maximum absolute atomic E-state index is 6.38. The number of nitrogens with zero attached hydrogens (tertiary/aromatic N) is 4. The zero-order chi connectivity index (χ0) is 37.2. The molecule has 0 fully saturated rings. The molecule has 0 saturated heterocycles. The van der Waals surface area contributed by atoms with E-state index in [0.29, 0.717) is 11.4 Å². The normalized spacial score (nSPS) is 11.7. The van der Waals surface area contributed by atoms with Crippen molar-refractivity contribution in [1.29, 1.82) is 0 Å². The van der Waals surface area contributed by atoms with Gasteiger partial charge in [0.1, 0.15) is 17.2 Å². The zero-order valence-corrected chi connectivity index (χ0v) is 32.7. The highest BCUT2D eigenvalue weighted by atomic mass is 16.5. The Labute approximate surface area is 319 Å². The van der Waals surface area contributed by atoms with Crippen LogP contribution in [0.25, 0.3) is 10.8 Å². The third kappa shape index (κ3) is 16.1. The van der Waals surface area contributed by atoms with E-state index in [0.717, 1.165) is 65.4 Å². The largest absolute Gasteiger partial charge is 0.494 e. The summed E-state index contributed by atoms with van der Waals surface area (Å²) in [6.45, 7) is 6.03. The fourth-order valence-electron chi connectivity index (χ4n) is 6.54. The first kappa shape index (κ1) is 41.5. The predicted octanol–water partition coefficient (Wildman–Crippen LogP) is 15.9. The van der Waals surface area contributed by atoms with Crippen LogP contribution in [0.2, 0.25) is 0 Å². The molecule has 0 atom stereocenters. The van der Waals surface area contributed by atoms with Crippen LogP contribution in [0.1, 0.15) is 142 Å². The summed E-state index contributed by atoms with van der Waals surface area (Å²) in [5.74, 6) is 1.72. The molecule has 53 heavy (non-hydrogen) atoms. The number of rotatable bonds is 28. The van der Waals surface area contributed by atoms with Crippen molar-refractivity contribution in [2.75, 3.05) is 18.9 Å². The molecule has 0 saturated carbocycles. The summed E-state index contributed by atoms with van der Waals surface area (Å²) in [6, 6.07) is 25.2. The van der Waals surface area contributed by atoms with E-state index in [1.54, 1.807) is 0 Å². The molecule has 2 N–H and O–H groups in total. The summed E-state index contributed by atoms with van der Waals surface area (Å²) < 4.78 is 11.9. The van der Waals surface area contributed by atoms with E-state index >= 15 is 0 Å². The van der Waals surface area contributed by atoms with Gasteiger partial charge in [-0.3, -0.25) is 0 Å². The van der Waals surface area contributed by atoms with Gasteiger partial charge in [0.15, 0.2) is 0 Å². The van der Waals surface area contributed by atoms with Crippen molar-refractivity contribution in [3.63, 3.8) is 0 Å². The maximum atomic E-state index is 6.38. The Morgan fingerprint density at radius 1 is 0.415 bits per heavy atom. The lowest BCUT2D eigenvalue weighted by Crippen LogP contribution is -1.96. The number of fused-ring (bicyclic) bond motifs is 1. The number of nitrogen functional groups attached to an aromatic ring is 1. The SMILES string of the molecule is CCCCCCCCCCCCOc1ccc(/N=N/c2cccc3c(/N=N/c4ccc(OCCCCCCCCCCCC)cc4)c(N)ccc23)cc1. The Balaban J connectivity index is 1.20. The fraction of sp³-hybridized carbons (Fsp3) is 0.522. The van der Waals surface area contributed by atoms with E-state index in [-0.39, 0.29) is 0 Å². The van der Waals surface area contributed by atoms with Crippen molar-refractivity contribution in [2.24, 2.45) is 20.5 Å². The topological polar surface area (TPSA) is 93.9 Å². The summed E-state index contributed by atoms with van der Waals surface area (Å²) in [7, 11) is 0. The van der Waals surface area contributed by atoms with Gasteiger partial charge < -0.3 is 15.2 Å². The molecule has 7 nitrogen and oxygen atoms in total. The number of nitrogens with two attached hydrogens (primary N) is 1. The Kier molecular flexibility index (Phi) is 20.1. The van der Waals surface area contributed by atoms with Crippen molar-refractivity contribution in [3.05, 3.63) is 78.9 Å². The molecule has 286 valence electrons. The Morgan fingerprint density at radius 2 is 0.849 bits per heavy atom. The number of hydrogen-bond acceptors (Lipinski definition) is 7. The molecule has 4 aromatic rings. The van der Waals surface area contributed by atoms with Gasteiger partial charge in [0.25, 0.3) is 0 Å². The van der Waals surface area contributed by atoms with Gasteiger partial charge >= 0.3 is 0 Å². The highest BCUT2D eigenvalue weighted by Crippen LogP contribution is 2.38. The number of azo groups is 2. The average Bonchev–Trinajstić information content (AvgIpc) is 3.18. The van der Waals surface area contributed by atoms with E-state index in [1.807, 2.05) is 78.9 Å². The third-order valence-electron chi connectivity index (χ3n) is 9.79. The van der Waals surface area contributed by atoms with Gasteiger partial charge in [0.2, 0.25) is 0 Å². The molecule has 0 aliphatic carbocycles. The van der Waals surface area contributed by atoms with E-state index in [9.17, 15) is 0 Å². The van der Waals surface area contributed by atoms with Crippen LogP contribution in [-0.2, 0) is 0 Å². The smallest absolute Gasteiger partial charge is 0.119 e. The van der Waals surface area contributed by atoms with Crippen LogP contribution in [0.4, 0.5) is 28.4 Å². The molecule has 0 heterocycles. The van der Waals surface area contributed by atoms with Crippen molar-refractivity contribution < 1.29 is 9.47 Å². The number of unbranched alkanes of at least 4 members (excludes halogenated alkanes) is 18. The predicted molar refractivity (Wildman–Crippen MR) is 224 cm³/mol. The summed E-state index contributed by atoms with van der Waals surface area (Å²) in [4.78, 5) is 0. The Morgan fingerprint density at radius 3 is 1.32 bits per heavy atom. The minimum absolute atomic E-state index is 0.556. The van der Waals surface area contributed by atoms with Gasteiger partial charge in [-0.05, 0) is 79.6 Å². The van der Waals surface area contributed by atoms with Gasteiger partial charge in [-0.25, -0.2) is 0 Å². The molecule has 0 aliphatic rings. The van der Waals surface area contributed by atoms with Gasteiger partial charge in [0, 0.05) is 10.8 Å². The number of ether oxygens (including phenoxy) is 2. The van der Waals surface area contributed by atoms with Crippen LogP contribution < -0.4 is 15.2 Å². The first-order valence-electron chi connectivity index (χ1n) is 20.8. The molecule has 0 radical (unpaired) electrons. The van der Waals surface area contributed by atoms with Crippen LogP contribution in [0.15, 0.2) is 99.3 Å². The van der Waals surface area contributed by atoms with Crippen molar-refractivity contribution in [2.45, 2.75) is 142 Å². The molecule has 0 bridgehead atoms. The highest BCUT2D eigenvalue weighted by molar-refractivity contribution is 6.03. The van der Waals surface area contributed by atoms with Crippen LogP contribution in [-0.4, -0.2) is 13.2 Å². The number of anilines is 1. The van der Waals surface area contributed by atoms with Gasteiger partial charge in [0.05, 0.1) is 36.0 Å². The summed E-state index contributed by atoms with van der Waals surface area (Å²) in [5.41, 5.74) is 9.79. The van der Waals surface area contributed by atoms with Crippen LogP contribution in [0, 0.1) is 0 Å². The lowest BCUT2D eigenvalue weighted by Gasteiger charge is -2.08. The van der Waals surface area contributed by atoms with Crippen molar-refractivity contribution >= 4 is 39.2 Å². The van der Waals surface area contributed by atoms with Crippen LogP contribution in [0.5, 0.6) is 11.5 Å².